The van der Waals surface area contributed by atoms with Crippen LogP contribution in [-0.4, -0.2) is 9.55 Å². The van der Waals surface area contributed by atoms with Crippen molar-refractivity contribution in [2.75, 3.05) is 0 Å². The second-order valence-corrected chi connectivity index (χ2v) is 3.90. The molecular formula is C12H17N3. The number of rotatable bonds is 2. The van der Waals surface area contributed by atoms with Gasteiger partial charge in [0.1, 0.15) is 5.82 Å². The largest absolute Gasteiger partial charge is 0.327 e. The summed E-state index contributed by atoms with van der Waals surface area (Å²) in [5.74, 6) is 0.970. The third-order valence-electron chi connectivity index (χ3n) is 2.94. The highest BCUT2D eigenvalue weighted by Crippen LogP contribution is 2.20. The summed E-state index contributed by atoms with van der Waals surface area (Å²) in [7, 11) is 0. The van der Waals surface area contributed by atoms with E-state index in [1.165, 1.54) is 16.6 Å². The number of benzene rings is 1. The number of fused-ring (bicyclic) bond motifs is 1. The lowest BCUT2D eigenvalue weighted by Gasteiger charge is -2.05. The van der Waals surface area contributed by atoms with Crippen LogP contribution in [0.3, 0.4) is 0 Å². The molecule has 0 atom stereocenters. The second kappa shape index (κ2) is 3.66. The molecule has 1 aromatic heterocycles. The molecule has 0 radical (unpaired) electrons. The molecule has 0 spiro atoms. The van der Waals surface area contributed by atoms with Gasteiger partial charge in [-0.2, -0.15) is 0 Å². The highest BCUT2D eigenvalue weighted by Gasteiger charge is 2.08. The number of hydrogen-bond acceptors (Lipinski definition) is 2. The third-order valence-corrected chi connectivity index (χ3v) is 2.94. The molecule has 0 amide bonds. The molecule has 1 heterocycles. The fourth-order valence-corrected chi connectivity index (χ4v) is 1.94. The van der Waals surface area contributed by atoms with E-state index >= 15 is 0 Å². The summed E-state index contributed by atoms with van der Waals surface area (Å²) in [4.78, 5) is 4.54. The fraction of sp³-hybridized carbons (Fsp3) is 0.417. The van der Waals surface area contributed by atoms with E-state index in [4.69, 9.17) is 5.73 Å². The summed E-state index contributed by atoms with van der Waals surface area (Å²) in [6.07, 6.45) is 0. The maximum atomic E-state index is 5.68. The SMILES string of the molecule is CCn1c(CN)nc2cc(C)c(C)cc21. The molecule has 0 unspecified atom stereocenters. The standard InChI is InChI=1S/C12H17N3/c1-4-15-11-6-9(3)8(2)5-10(11)14-12(15)7-13/h5-6H,4,7,13H2,1-3H3. The van der Waals surface area contributed by atoms with Gasteiger partial charge >= 0.3 is 0 Å². The van der Waals surface area contributed by atoms with E-state index in [1.807, 2.05) is 0 Å². The van der Waals surface area contributed by atoms with E-state index in [-0.39, 0.29) is 0 Å². The van der Waals surface area contributed by atoms with E-state index in [1.54, 1.807) is 0 Å². The zero-order chi connectivity index (χ0) is 11.0. The molecule has 3 nitrogen and oxygen atoms in total. The highest BCUT2D eigenvalue weighted by molar-refractivity contribution is 5.78. The maximum absolute atomic E-state index is 5.68. The van der Waals surface area contributed by atoms with Gasteiger partial charge < -0.3 is 10.3 Å². The van der Waals surface area contributed by atoms with Crippen molar-refractivity contribution in [3.05, 3.63) is 29.1 Å². The van der Waals surface area contributed by atoms with Crippen LogP contribution in [0.5, 0.6) is 0 Å². The second-order valence-electron chi connectivity index (χ2n) is 3.90. The van der Waals surface area contributed by atoms with Crippen LogP contribution in [0.2, 0.25) is 0 Å². The summed E-state index contributed by atoms with van der Waals surface area (Å²) in [5, 5.41) is 0. The van der Waals surface area contributed by atoms with Crippen LogP contribution in [0.4, 0.5) is 0 Å². The average Bonchev–Trinajstić information content (AvgIpc) is 2.56. The zero-order valence-electron chi connectivity index (χ0n) is 9.54. The molecule has 0 aliphatic carbocycles. The van der Waals surface area contributed by atoms with Gasteiger partial charge in [-0.25, -0.2) is 4.98 Å². The van der Waals surface area contributed by atoms with Crippen LogP contribution in [0, 0.1) is 13.8 Å². The molecule has 0 saturated carbocycles. The third kappa shape index (κ3) is 1.53. The molecule has 2 N–H and O–H groups in total. The number of aryl methyl sites for hydroxylation is 3. The number of imidazole rings is 1. The van der Waals surface area contributed by atoms with Gasteiger partial charge in [-0.05, 0) is 44.0 Å². The van der Waals surface area contributed by atoms with Gasteiger partial charge in [0.25, 0.3) is 0 Å². The monoisotopic (exact) mass is 203 g/mol. The number of nitrogens with two attached hydrogens (primary N) is 1. The molecule has 0 fully saturated rings. The Morgan fingerprint density at radius 2 is 1.93 bits per heavy atom. The van der Waals surface area contributed by atoms with Crippen molar-refractivity contribution in [2.24, 2.45) is 5.73 Å². The predicted molar refractivity (Wildman–Crippen MR) is 62.8 cm³/mol. The van der Waals surface area contributed by atoms with E-state index in [0.717, 1.165) is 17.9 Å². The Bertz CT molecular complexity index is 497. The van der Waals surface area contributed by atoms with Gasteiger partial charge in [0.2, 0.25) is 0 Å². The summed E-state index contributed by atoms with van der Waals surface area (Å²) < 4.78 is 2.18. The smallest absolute Gasteiger partial charge is 0.123 e. The quantitative estimate of drug-likeness (QED) is 0.812. The Hall–Kier alpha value is -1.35. The van der Waals surface area contributed by atoms with Crippen molar-refractivity contribution in [1.29, 1.82) is 0 Å². The number of nitrogens with zero attached hydrogens (tertiary/aromatic N) is 2. The van der Waals surface area contributed by atoms with Crippen LogP contribution in [0.25, 0.3) is 11.0 Å². The lowest BCUT2D eigenvalue weighted by molar-refractivity contribution is 0.718. The Labute approximate surface area is 89.9 Å². The van der Waals surface area contributed by atoms with Gasteiger partial charge in [0, 0.05) is 6.54 Å². The van der Waals surface area contributed by atoms with E-state index in [2.05, 4.69) is 42.5 Å². The summed E-state index contributed by atoms with van der Waals surface area (Å²) >= 11 is 0. The first-order valence-electron chi connectivity index (χ1n) is 5.33. The first-order valence-corrected chi connectivity index (χ1v) is 5.33. The predicted octanol–water partition coefficient (Wildman–Crippen LogP) is 2.13. The summed E-state index contributed by atoms with van der Waals surface area (Å²) in [6, 6.07) is 4.33. The molecule has 3 heteroatoms. The molecular weight excluding hydrogens is 186 g/mol. The average molecular weight is 203 g/mol. The Balaban J connectivity index is 2.77. The molecule has 0 bridgehead atoms. The van der Waals surface area contributed by atoms with Gasteiger partial charge in [-0.3, -0.25) is 0 Å². The lowest BCUT2D eigenvalue weighted by Crippen LogP contribution is -2.06. The Morgan fingerprint density at radius 3 is 2.53 bits per heavy atom. The molecule has 2 rings (SSSR count). The Morgan fingerprint density at radius 1 is 1.27 bits per heavy atom. The van der Waals surface area contributed by atoms with Crippen molar-refractivity contribution in [3.8, 4) is 0 Å². The minimum atomic E-state index is 0.501. The van der Waals surface area contributed by atoms with Gasteiger partial charge in [-0.1, -0.05) is 0 Å². The van der Waals surface area contributed by atoms with Crippen LogP contribution >= 0.6 is 0 Å². The molecule has 0 aliphatic rings. The van der Waals surface area contributed by atoms with Gasteiger partial charge in [0.05, 0.1) is 17.6 Å². The molecule has 15 heavy (non-hydrogen) atoms. The van der Waals surface area contributed by atoms with E-state index in [9.17, 15) is 0 Å². The van der Waals surface area contributed by atoms with E-state index in [0.29, 0.717) is 6.54 Å². The van der Waals surface area contributed by atoms with Crippen LogP contribution in [0.1, 0.15) is 23.9 Å². The molecule has 2 aromatic rings. The maximum Gasteiger partial charge on any atom is 0.123 e. The minimum Gasteiger partial charge on any atom is -0.327 e. The zero-order valence-corrected chi connectivity index (χ0v) is 9.54. The van der Waals surface area contributed by atoms with Gasteiger partial charge in [0.15, 0.2) is 0 Å². The lowest BCUT2D eigenvalue weighted by atomic mass is 10.1. The molecule has 0 saturated heterocycles. The normalized spacial score (nSPS) is 11.2. The van der Waals surface area contributed by atoms with Crippen LogP contribution < -0.4 is 5.73 Å². The summed E-state index contributed by atoms with van der Waals surface area (Å²) in [5.41, 5.74) is 10.5. The molecule has 1 aromatic carbocycles. The molecule has 80 valence electrons. The first kappa shape index (κ1) is 10.2. The van der Waals surface area contributed by atoms with Crippen molar-refractivity contribution in [3.63, 3.8) is 0 Å². The summed E-state index contributed by atoms with van der Waals surface area (Å²) in [6.45, 7) is 7.79. The van der Waals surface area contributed by atoms with Crippen LogP contribution in [0.15, 0.2) is 12.1 Å². The van der Waals surface area contributed by atoms with E-state index < -0.39 is 0 Å². The van der Waals surface area contributed by atoms with Crippen molar-refractivity contribution in [1.82, 2.24) is 9.55 Å². The number of aromatic nitrogens is 2. The minimum absolute atomic E-state index is 0.501. The Kier molecular flexibility index (Phi) is 2.49. The highest BCUT2D eigenvalue weighted by atomic mass is 15.1. The van der Waals surface area contributed by atoms with Gasteiger partial charge in [-0.15, -0.1) is 0 Å². The fourth-order valence-electron chi connectivity index (χ4n) is 1.94. The first-order chi connectivity index (χ1) is 7.17. The van der Waals surface area contributed by atoms with Crippen molar-refractivity contribution in [2.45, 2.75) is 33.9 Å². The van der Waals surface area contributed by atoms with Crippen LogP contribution in [-0.2, 0) is 13.1 Å². The topological polar surface area (TPSA) is 43.8 Å². The van der Waals surface area contributed by atoms with Crippen molar-refractivity contribution < 1.29 is 0 Å². The number of hydrogen-bond donors (Lipinski definition) is 1. The van der Waals surface area contributed by atoms with Crippen molar-refractivity contribution >= 4 is 11.0 Å². The molecule has 0 aliphatic heterocycles.